The average Bonchev–Trinajstić information content (AvgIpc) is 2.63. The van der Waals surface area contributed by atoms with Crippen molar-refractivity contribution in [3.63, 3.8) is 0 Å². The molecule has 2 N–H and O–H groups in total. The molecule has 0 saturated heterocycles. The van der Waals surface area contributed by atoms with Gasteiger partial charge in [0.05, 0.1) is 12.2 Å². The number of esters is 1. The normalized spacial score (nSPS) is 43.0. The number of carbonyl (C=O) groups excluding carboxylic acids is 1. The maximum atomic E-state index is 12.3. The second-order valence-corrected chi connectivity index (χ2v) is 10.9. The van der Waals surface area contributed by atoms with Crippen LogP contribution in [0.1, 0.15) is 59.8 Å². The number of hydrogen-bond acceptors (Lipinski definition) is 5. The van der Waals surface area contributed by atoms with Crippen molar-refractivity contribution in [1.29, 1.82) is 0 Å². The first-order valence-corrected chi connectivity index (χ1v) is 11.4. The highest BCUT2D eigenvalue weighted by Crippen LogP contribution is 2.64. The monoisotopic (exact) mass is 407 g/mol. The molecule has 3 rings (SSSR count). The zero-order chi connectivity index (χ0) is 21.6. The zero-order valence-electron chi connectivity index (χ0n) is 19.1. The molecular weight excluding hydrogens is 366 g/mol. The standard InChI is InChI=1S/C24H41NO4/c1-15-16(13-21(28)29-12-11-25(5)6)7-8-17-22(15)18(26)14-19-23(2,3)20(27)9-10-24(17,19)4/h13,15,17-20,22,26-27H,7-12,14H2,1-6H3/b16-13-/t15-,17+,18-,19-,20-,22+,24+/m0/s1. The van der Waals surface area contributed by atoms with E-state index in [-0.39, 0.29) is 40.8 Å². The van der Waals surface area contributed by atoms with Crippen LogP contribution in [-0.4, -0.2) is 60.5 Å². The highest BCUT2D eigenvalue weighted by atomic mass is 16.5. The molecule has 3 fully saturated rings. The first kappa shape index (κ1) is 22.8. The van der Waals surface area contributed by atoms with E-state index in [9.17, 15) is 15.0 Å². The topological polar surface area (TPSA) is 70.0 Å². The summed E-state index contributed by atoms with van der Waals surface area (Å²) in [5.41, 5.74) is 1.09. The quantitative estimate of drug-likeness (QED) is 0.553. The molecule has 5 nitrogen and oxygen atoms in total. The molecule has 3 aliphatic carbocycles. The molecular formula is C24H41NO4. The van der Waals surface area contributed by atoms with Gasteiger partial charge in [0.1, 0.15) is 6.61 Å². The summed E-state index contributed by atoms with van der Waals surface area (Å²) in [5, 5.41) is 21.8. The first-order chi connectivity index (χ1) is 13.5. The van der Waals surface area contributed by atoms with Crippen molar-refractivity contribution in [3.8, 4) is 0 Å². The second-order valence-electron chi connectivity index (χ2n) is 10.9. The molecule has 0 bridgehead atoms. The number of ether oxygens (including phenoxy) is 1. The Morgan fingerprint density at radius 3 is 2.59 bits per heavy atom. The number of allylic oxidation sites excluding steroid dienone is 1. The van der Waals surface area contributed by atoms with Crippen molar-refractivity contribution < 1.29 is 19.7 Å². The van der Waals surface area contributed by atoms with E-state index >= 15 is 0 Å². The van der Waals surface area contributed by atoms with Gasteiger partial charge in [-0.1, -0.05) is 33.3 Å². The molecule has 3 saturated carbocycles. The largest absolute Gasteiger partial charge is 0.461 e. The Balaban J connectivity index is 1.77. The van der Waals surface area contributed by atoms with Gasteiger partial charge in [-0.2, -0.15) is 0 Å². The molecule has 0 aliphatic heterocycles. The minimum absolute atomic E-state index is 0.138. The third kappa shape index (κ3) is 4.15. The Kier molecular flexibility index (Phi) is 6.53. The van der Waals surface area contributed by atoms with Gasteiger partial charge in [0, 0.05) is 12.6 Å². The number of aliphatic hydroxyl groups excluding tert-OH is 2. The van der Waals surface area contributed by atoms with Gasteiger partial charge < -0.3 is 19.8 Å². The third-order valence-corrected chi connectivity index (χ3v) is 8.73. The number of rotatable bonds is 4. The van der Waals surface area contributed by atoms with Gasteiger partial charge in [0.25, 0.3) is 0 Å². The Bertz CT molecular complexity index is 643. The van der Waals surface area contributed by atoms with E-state index < -0.39 is 0 Å². The maximum Gasteiger partial charge on any atom is 0.330 e. The van der Waals surface area contributed by atoms with Crippen LogP contribution in [0.2, 0.25) is 0 Å². The van der Waals surface area contributed by atoms with E-state index in [4.69, 9.17) is 4.74 Å². The van der Waals surface area contributed by atoms with Crippen molar-refractivity contribution in [3.05, 3.63) is 11.6 Å². The van der Waals surface area contributed by atoms with E-state index in [2.05, 4.69) is 27.7 Å². The van der Waals surface area contributed by atoms with Crippen molar-refractivity contribution in [2.45, 2.75) is 72.0 Å². The van der Waals surface area contributed by atoms with Crippen LogP contribution in [-0.2, 0) is 9.53 Å². The smallest absolute Gasteiger partial charge is 0.330 e. The number of likely N-dealkylation sites (N-methyl/N-ethyl adjacent to an activating group) is 1. The summed E-state index contributed by atoms with van der Waals surface area (Å²) in [4.78, 5) is 14.3. The van der Waals surface area contributed by atoms with Crippen molar-refractivity contribution in [2.24, 2.45) is 34.5 Å². The number of carbonyl (C=O) groups is 1. The molecule has 3 aliphatic rings. The molecule has 7 atom stereocenters. The molecule has 0 aromatic heterocycles. The highest BCUT2D eigenvalue weighted by molar-refractivity contribution is 5.83. The summed E-state index contributed by atoms with van der Waals surface area (Å²) in [6.45, 7) is 10.0. The lowest BCUT2D eigenvalue weighted by molar-refractivity contribution is -0.190. The molecule has 166 valence electrons. The van der Waals surface area contributed by atoms with Crippen LogP contribution in [0.25, 0.3) is 0 Å². The molecule has 0 aromatic carbocycles. The fourth-order valence-electron chi connectivity index (χ4n) is 6.93. The molecule has 5 heteroatoms. The van der Waals surface area contributed by atoms with Crippen LogP contribution in [0.5, 0.6) is 0 Å². The molecule has 0 unspecified atom stereocenters. The van der Waals surface area contributed by atoms with Crippen LogP contribution in [0, 0.1) is 34.5 Å². The lowest BCUT2D eigenvalue weighted by atomic mass is 9.42. The Hall–Kier alpha value is -0.910. The molecule has 0 heterocycles. The van der Waals surface area contributed by atoms with Crippen molar-refractivity contribution in [1.82, 2.24) is 4.90 Å². The van der Waals surface area contributed by atoms with E-state index in [1.165, 1.54) is 0 Å². The number of fused-ring (bicyclic) bond motifs is 3. The third-order valence-electron chi connectivity index (χ3n) is 8.73. The molecule has 0 radical (unpaired) electrons. The van der Waals surface area contributed by atoms with Crippen LogP contribution in [0.3, 0.4) is 0 Å². The van der Waals surface area contributed by atoms with Crippen LogP contribution < -0.4 is 0 Å². The van der Waals surface area contributed by atoms with E-state index in [0.717, 1.165) is 44.2 Å². The van der Waals surface area contributed by atoms with Gasteiger partial charge in [0.15, 0.2) is 0 Å². The fraction of sp³-hybridized carbons (Fsp3) is 0.875. The van der Waals surface area contributed by atoms with Gasteiger partial charge in [0.2, 0.25) is 0 Å². The van der Waals surface area contributed by atoms with Crippen LogP contribution in [0.4, 0.5) is 0 Å². The van der Waals surface area contributed by atoms with E-state index in [1.54, 1.807) is 6.08 Å². The molecule has 29 heavy (non-hydrogen) atoms. The number of nitrogens with zero attached hydrogens (tertiary/aromatic N) is 1. The zero-order valence-corrected chi connectivity index (χ0v) is 19.1. The van der Waals surface area contributed by atoms with Gasteiger partial charge >= 0.3 is 5.97 Å². The predicted molar refractivity (Wildman–Crippen MR) is 114 cm³/mol. The van der Waals surface area contributed by atoms with E-state index in [0.29, 0.717) is 18.4 Å². The minimum atomic E-state index is -0.383. The van der Waals surface area contributed by atoms with Gasteiger partial charge in [-0.25, -0.2) is 4.79 Å². The predicted octanol–water partition coefficient (Wildman–Crippen LogP) is 3.25. The van der Waals surface area contributed by atoms with Crippen LogP contribution in [0.15, 0.2) is 11.6 Å². The Morgan fingerprint density at radius 2 is 1.93 bits per heavy atom. The summed E-state index contributed by atoms with van der Waals surface area (Å²) in [5.74, 6) is 0.849. The Morgan fingerprint density at radius 1 is 1.24 bits per heavy atom. The van der Waals surface area contributed by atoms with Crippen LogP contribution >= 0.6 is 0 Å². The summed E-state index contributed by atoms with van der Waals surface area (Å²) < 4.78 is 5.36. The van der Waals surface area contributed by atoms with Gasteiger partial charge in [-0.05, 0) is 80.7 Å². The minimum Gasteiger partial charge on any atom is -0.461 e. The first-order valence-electron chi connectivity index (χ1n) is 11.4. The second kappa shape index (κ2) is 8.32. The summed E-state index contributed by atoms with van der Waals surface area (Å²) in [6, 6.07) is 0. The number of hydrogen-bond donors (Lipinski definition) is 2. The van der Waals surface area contributed by atoms with Crippen molar-refractivity contribution in [2.75, 3.05) is 27.2 Å². The summed E-state index contributed by atoms with van der Waals surface area (Å²) in [6.07, 6.45) is 5.51. The maximum absolute atomic E-state index is 12.3. The SMILES string of the molecule is C[C@H]1/C(=C\C(=O)OCCN(C)C)CC[C@@H]2[C@@H]1[C@@H](O)C[C@H]1C(C)(C)[C@@H](O)CC[C@]21C. The average molecular weight is 408 g/mol. The van der Waals surface area contributed by atoms with Gasteiger partial charge in [-0.15, -0.1) is 0 Å². The molecule has 0 amide bonds. The molecule has 0 spiro atoms. The summed E-state index contributed by atoms with van der Waals surface area (Å²) in [7, 11) is 3.92. The number of aliphatic hydroxyl groups is 2. The Labute approximate surface area is 176 Å². The van der Waals surface area contributed by atoms with Crippen molar-refractivity contribution >= 4 is 5.97 Å². The van der Waals surface area contributed by atoms with Gasteiger partial charge in [-0.3, -0.25) is 0 Å². The lowest BCUT2D eigenvalue weighted by Gasteiger charge is -2.64. The van der Waals surface area contributed by atoms with E-state index in [1.807, 2.05) is 19.0 Å². The molecule has 0 aromatic rings. The highest BCUT2D eigenvalue weighted by Gasteiger charge is 2.60. The summed E-state index contributed by atoms with van der Waals surface area (Å²) >= 11 is 0. The fourth-order valence-corrected chi connectivity index (χ4v) is 6.93. The lowest BCUT2D eigenvalue weighted by Crippen LogP contribution is -2.61.